The fourth-order valence-corrected chi connectivity index (χ4v) is 3.27. The van der Waals surface area contributed by atoms with Gasteiger partial charge in [-0.25, -0.2) is 4.79 Å². The number of nitrogens with one attached hydrogen (secondary N) is 1. The SMILES string of the molecule is COC(=O)c1ccc(N(C(=O)c2ccco2)C(C(=O)NC(C)(C)C)c2ccccc2)cc1. The minimum absolute atomic E-state index is 0.0894. The van der Waals surface area contributed by atoms with Crippen molar-refractivity contribution in [3.05, 3.63) is 89.9 Å². The van der Waals surface area contributed by atoms with E-state index >= 15 is 0 Å². The molecule has 7 nitrogen and oxygen atoms in total. The predicted octanol–water partition coefficient (Wildman–Crippen LogP) is 4.37. The van der Waals surface area contributed by atoms with Gasteiger partial charge in [0.05, 0.1) is 18.9 Å². The van der Waals surface area contributed by atoms with E-state index in [4.69, 9.17) is 9.15 Å². The Morgan fingerprint density at radius 2 is 1.59 bits per heavy atom. The van der Waals surface area contributed by atoms with Gasteiger partial charge in [-0.3, -0.25) is 14.5 Å². The minimum Gasteiger partial charge on any atom is -0.465 e. The van der Waals surface area contributed by atoms with Gasteiger partial charge in [0.25, 0.3) is 5.91 Å². The standard InChI is InChI=1S/C25H26N2O5/c1-25(2,3)26-22(28)21(17-9-6-5-7-10-17)27(23(29)20-11-8-16-32-20)19-14-12-18(13-15-19)24(30)31-4/h5-16,21H,1-4H3,(H,26,28). The average molecular weight is 434 g/mol. The van der Waals surface area contributed by atoms with E-state index in [2.05, 4.69) is 5.32 Å². The van der Waals surface area contributed by atoms with Gasteiger partial charge in [0.1, 0.15) is 6.04 Å². The van der Waals surface area contributed by atoms with Crippen molar-refractivity contribution in [2.24, 2.45) is 0 Å². The maximum Gasteiger partial charge on any atom is 0.337 e. The largest absolute Gasteiger partial charge is 0.465 e. The summed E-state index contributed by atoms with van der Waals surface area (Å²) in [4.78, 5) is 40.2. The Bertz CT molecular complexity index is 1070. The van der Waals surface area contributed by atoms with Crippen LogP contribution in [0.1, 0.15) is 53.3 Å². The van der Waals surface area contributed by atoms with Gasteiger partial charge in [-0.1, -0.05) is 30.3 Å². The number of hydrogen-bond donors (Lipinski definition) is 1. The molecular formula is C25H26N2O5. The van der Waals surface area contributed by atoms with Crippen molar-refractivity contribution in [2.75, 3.05) is 12.0 Å². The van der Waals surface area contributed by atoms with Crippen LogP contribution in [0, 0.1) is 0 Å². The lowest BCUT2D eigenvalue weighted by atomic mass is 10.0. The zero-order chi connectivity index (χ0) is 23.3. The summed E-state index contributed by atoms with van der Waals surface area (Å²) in [7, 11) is 1.30. The van der Waals surface area contributed by atoms with Gasteiger partial charge >= 0.3 is 5.97 Å². The summed E-state index contributed by atoms with van der Waals surface area (Å²) in [6, 6.07) is 17.5. The highest BCUT2D eigenvalue weighted by Gasteiger charge is 2.35. The maximum atomic E-state index is 13.5. The third-order valence-electron chi connectivity index (χ3n) is 4.64. The third kappa shape index (κ3) is 5.24. The highest BCUT2D eigenvalue weighted by atomic mass is 16.5. The zero-order valence-corrected chi connectivity index (χ0v) is 18.5. The highest BCUT2D eigenvalue weighted by molar-refractivity contribution is 6.09. The summed E-state index contributed by atoms with van der Waals surface area (Å²) in [5.74, 6) is -1.24. The molecule has 0 saturated heterocycles. The van der Waals surface area contributed by atoms with E-state index in [0.29, 0.717) is 16.8 Å². The Kier molecular flexibility index (Phi) is 6.78. The molecule has 0 bridgehead atoms. The van der Waals surface area contributed by atoms with Crippen LogP contribution in [0.25, 0.3) is 0 Å². The summed E-state index contributed by atoms with van der Waals surface area (Å²) >= 11 is 0. The van der Waals surface area contributed by atoms with Crippen molar-refractivity contribution >= 4 is 23.5 Å². The van der Waals surface area contributed by atoms with Gasteiger partial charge < -0.3 is 14.5 Å². The molecule has 0 aliphatic carbocycles. The van der Waals surface area contributed by atoms with Gasteiger partial charge in [0, 0.05) is 11.2 Å². The van der Waals surface area contributed by atoms with Crippen molar-refractivity contribution in [3.8, 4) is 0 Å². The fraction of sp³-hybridized carbons (Fsp3) is 0.240. The number of nitrogens with zero attached hydrogens (tertiary/aromatic N) is 1. The van der Waals surface area contributed by atoms with E-state index in [-0.39, 0.29) is 11.7 Å². The Morgan fingerprint density at radius 1 is 0.938 bits per heavy atom. The second-order valence-corrected chi connectivity index (χ2v) is 8.24. The summed E-state index contributed by atoms with van der Waals surface area (Å²) in [6.07, 6.45) is 1.40. The number of methoxy groups -OCH3 is 1. The van der Waals surface area contributed by atoms with Crippen molar-refractivity contribution in [1.29, 1.82) is 0 Å². The first kappa shape index (κ1) is 22.8. The van der Waals surface area contributed by atoms with Gasteiger partial charge in [-0.2, -0.15) is 0 Å². The number of carbonyl (C=O) groups excluding carboxylic acids is 3. The summed E-state index contributed by atoms with van der Waals surface area (Å²) in [5.41, 5.74) is 0.873. The number of rotatable bonds is 6. The van der Waals surface area contributed by atoms with E-state index in [0.717, 1.165) is 0 Å². The Hall–Kier alpha value is -3.87. The molecule has 166 valence electrons. The van der Waals surface area contributed by atoms with Crippen LogP contribution in [0.3, 0.4) is 0 Å². The second kappa shape index (κ2) is 9.51. The number of hydrogen-bond acceptors (Lipinski definition) is 5. The fourth-order valence-electron chi connectivity index (χ4n) is 3.27. The Balaban J connectivity index is 2.14. The molecule has 1 N–H and O–H groups in total. The lowest BCUT2D eigenvalue weighted by Crippen LogP contribution is -2.49. The first-order valence-electron chi connectivity index (χ1n) is 10.1. The molecule has 1 atom stereocenters. The van der Waals surface area contributed by atoms with Crippen LogP contribution in [0.2, 0.25) is 0 Å². The molecule has 3 aromatic rings. The van der Waals surface area contributed by atoms with Crippen molar-refractivity contribution in [3.63, 3.8) is 0 Å². The monoisotopic (exact) mass is 434 g/mol. The van der Waals surface area contributed by atoms with E-state index < -0.39 is 23.5 Å². The normalized spacial score (nSPS) is 12.0. The Morgan fingerprint density at radius 3 is 2.12 bits per heavy atom. The smallest absolute Gasteiger partial charge is 0.337 e. The first-order valence-corrected chi connectivity index (χ1v) is 10.1. The molecule has 1 aromatic heterocycles. The molecule has 2 amide bonds. The van der Waals surface area contributed by atoms with Gasteiger partial charge in [0.15, 0.2) is 5.76 Å². The van der Waals surface area contributed by atoms with Crippen LogP contribution in [-0.2, 0) is 9.53 Å². The van der Waals surface area contributed by atoms with Crippen LogP contribution >= 0.6 is 0 Å². The second-order valence-electron chi connectivity index (χ2n) is 8.24. The molecule has 0 spiro atoms. The summed E-state index contributed by atoms with van der Waals surface area (Å²) < 4.78 is 10.1. The lowest BCUT2D eigenvalue weighted by Gasteiger charge is -2.33. The molecule has 7 heteroatoms. The molecule has 1 heterocycles. The molecule has 0 aliphatic heterocycles. The van der Waals surface area contributed by atoms with E-state index in [1.807, 2.05) is 39.0 Å². The Labute approximate surface area is 187 Å². The van der Waals surface area contributed by atoms with Gasteiger partial charge in [-0.05, 0) is 62.7 Å². The molecule has 0 saturated carbocycles. The predicted molar refractivity (Wildman–Crippen MR) is 120 cm³/mol. The minimum atomic E-state index is -0.975. The van der Waals surface area contributed by atoms with E-state index in [9.17, 15) is 14.4 Å². The maximum absolute atomic E-state index is 13.5. The summed E-state index contributed by atoms with van der Waals surface area (Å²) in [5, 5.41) is 2.97. The van der Waals surface area contributed by atoms with Crippen LogP contribution in [0.5, 0.6) is 0 Å². The first-order chi connectivity index (χ1) is 15.2. The highest BCUT2D eigenvalue weighted by Crippen LogP contribution is 2.31. The average Bonchev–Trinajstić information content (AvgIpc) is 3.31. The number of benzene rings is 2. The van der Waals surface area contributed by atoms with Gasteiger partial charge in [0.2, 0.25) is 5.91 Å². The van der Waals surface area contributed by atoms with E-state index in [1.165, 1.54) is 18.3 Å². The molecule has 0 radical (unpaired) electrons. The number of ether oxygens (including phenoxy) is 1. The van der Waals surface area contributed by atoms with E-state index in [1.54, 1.807) is 48.5 Å². The van der Waals surface area contributed by atoms with Crippen LogP contribution in [-0.4, -0.2) is 30.4 Å². The molecule has 1 unspecified atom stereocenters. The molecular weight excluding hydrogens is 408 g/mol. The quantitative estimate of drug-likeness (QED) is 0.582. The van der Waals surface area contributed by atoms with Crippen LogP contribution in [0.15, 0.2) is 77.4 Å². The number of furan rings is 1. The van der Waals surface area contributed by atoms with Crippen LogP contribution in [0.4, 0.5) is 5.69 Å². The molecule has 3 rings (SSSR count). The number of carbonyl (C=O) groups is 3. The molecule has 32 heavy (non-hydrogen) atoms. The van der Waals surface area contributed by atoms with Crippen molar-refractivity contribution < 1.29 is 23.5 Å². The van der Waals surface area contributed by atoms with Gasteiger partial charge in [-0.15, -0.1) is 0 Å². The molecule has 0 fully saturated rings. The van der Waals surface area contributed by atoms with Crippen molar-refractivity contribution in [1.82, 2.24) is 5.32 Å². The number of anilines is 1. The van der Waals surface area contributed by atoms with Crippen LogP contribution < -0.4 is 10.2 Å². The topological polar surface area (TPSA) is 88.8 Å². The van der Waals surface area contributed by atoms with Crippen molar-refractivity contribution in [2.45, 2.75) is 32.4 Å². The summed E-state index contributed by atoms with van der Waals surface area (Å²) in [6.45, 7) is 5.62. The number of amides is 2. The molecule has 2 aromatic carbocycles. The third-order valence-corrected chi connectivity index (χ3v) is 4.64. The zero-order valence-electron chi connectivity index (χ0n) is 18.5. The number of esters is 1. The molecule has 0 aliphatic rings. The lowest BCUT2D eigenvalue weighted by molar-refractivity contribution is -0.123.